The van der Waals surface area contributed by atoms with Crippen molar-refractivity contribution in [1.29, 1.82) is 0 Å². The van der Waals surface area contributed by atoms with Crippen LogP contribution in [0.5, 0.6) is 0 Å². The monoisotopic (exact) mass is 432 g/mol. The second-order valence-electron chi connectivity index (χ2n) is 8.06. The van der Waals surface area contributed by atoms with Gasteiger partial charge in [0.15, 0.2) is 0 Å². The van der Waals surface area contributed by atoms with Crippen molar-refractivity contribution in [1.82, 2.24) is 9.62 Å². The van der Waals surface area contributed by atoms with Gasteiger partial charge >= 0.3 is 0 Å². The van der Waals surface area contributed by atoms with Gasteiger partial charge in [-0.3, -0.25) is 4.79 Å². The van der Waals surface area contributed by atoms with Crippen LogP contribution >= 0.6 is 11.6 Å². The van der Waals surface area contributed by atoms with Crippen LogP contribution in [0.2, 0.25) is 5.02 Å². The van der Waals surface area contributed by atoms with E-state index in [9.17, 15) is 13.2 Å². The van der Waals surface area contributed by atoms with E-state index in [0.717, 1.165) is 42.2 Å². The van der Waals surface area contributed by atoms with E-state index in [0.29, 0.717) is 18.1 Å². The van der Waals surface area contributed by atoms with Crippen molar-refractivity contribution in [2.24, 2.45) is 5.92 Å². The minimum Gasteiger partial charge on any atom is -0.341 e. The molecule has 1 aliphatic carbocycles. The molecule has 1 saturated carbocycles. The highest BCUT2D eigenvalue weighted by molar-refractivity contribution is 7.88. The van der Waals surface area contributed by atoms with Crippen LogP contribution in [0.4, 0.5) is 0 Å². The van der Waals surface area contributed by atoms with Crippen LogP contribution in [-0.4, -0.2) is 44.6 Å². The minimum absolute atomic E-state index is 0.0457. The molecule has 1 N–H and O–H groups in total. The Kier molecular flexibility index (Phi) is 5.69. The molecule has 4 rings (SSSR count). The van der Waals surface area contributed by atoms with Gasteiger partial charge in [-0.05, 0) is 54.0 Å². The van der Waals surface area contributed by atoms with Crippen LogP contribution < -0.4 is 4.72 Å². The molecule has 0 radical (unpaired) electrons. The Balaban J connectivity index is 1.50. The Morgan fingerprint density at radius 1 is 1.17 bits per heavy atom. The summed E-state index contributed by atoms with van der Waals surface area (Å²) in [5, 5.41) is 0.682. The average Bonchev–Trinajstić information content (AvgIpc) is 3.47. The number of likely N-dealkylation sites (tertiary alicyclic amines) is 1. The van der Waals surface area contributed by atoms with Crippen molar-refractivity contribution < 1.29 is 13.2 Å². The van der Waals surface area contributed by atoms with Gasteiger partial charge < -0.3 is 4.90 Å². The van der Waals surface area contributed by atoms with E-state index >= 15 is 0 Å². The molecular formula is C22H25ClN2O3S. The number of carbonyl (C=O) groups excluding carboxylic acids is 1. The van der Waals surface area contributed by atoms with Gasteiger partial charge in [0.1, 0.15) is 0 Å². The molecule has 0 spiro atoms. The normalized spacial score (nSPS) is 24.3. The van der Waals surface area contributed by atoms with E-state index in [-0.39, 0.29) is 23.8 Å². The van der Waals surface area contributed by atoms with E-state index in [1.54, 1.807) is 0 Å². The lowest BCUT2D eigenvalue weighted by Crippen LogP contribution is -2.49. The minimum atomic E-state index is -3.27. The summed E-state index contributed by atoms with van der Waals surface area (Å²) in [7, 11) is -3.27. The number of piperidine rings is 1. The molecule has 0 bridgehead atoms. The van der Waals surface area contributed by atoms with Gasteiger partial charge in [0, 0.05) is 30.1 Å². The maximum atomic E-state index is 13.1. The molecule has 5 nitrogen and oxygen atoms in total. The summed E-state index contributed by atoms with van der Waals surface area (Å²) in [6.45, 7) is 1.14. The summed E-state index contributed by atoms with van der Waals surface area (Å²) in [6.07, 6.45) is 3.56. The van der Waals surface area contributed by atoms with E-state index < -0.39 is 10.0 Å². The number of nitrogens with zero attached hydrogens (tertiary/aromatic N) is 1. The van der Waals surface area contributed by atoms with Crippen LogP contribution in [0.15, 0.2) is 48.5 Å². The van der Waals surface area contributed by atoms with Crippen LogP contribution in [0, 0.1) is 5.92 Å². The predicted octanol–water partition coefficient (Wildman–Crippen LogP) is 3.65. The van der Waals surface area contributed by atoms with Gasteiger partial charge in [0.2, 0.25) is 15.9 Å². The molecule has 0 aromatic heterocycles. The van der Waals surface area contributed by atoms with Crippen molar-refractivity contribution in [2.75, 3.05) is 19.3 Å². The molecular weight excluding hydrogens is 408 g/mol. The summed E-state index contributed by atoms with van der Waals surface area (Å²) in [4.78, 5) is 14.9. The zero-order chi connectivity index (χ0) is 20.6. The fourth-order valence-electron chi connectivity index (χ4n) is 4.34. The fourth-order valence-corrected chi connectivity index (χ4v) is 5.31. The SMILES string of the molecule is CS(=O)(=O)NC1CCCN(C(=O)C2CC2c2ccc(Cl)cc2-c2ccccc2)C1. The summed E-state index contributed by atoms with van der Waals surface area (Å²) in [5.41, 5.74) is 3.33. The summed E-state index contributed by atoms with van der Waals surface area (Å²) in [6, 6.07) is 15.8. The first-order valence-electron chi connectivity index (χ1n) is 9.93. The Morgan fingerprint density at radius 3 is 2.66 bits per heavy atom. The van der Waals surface area contributed by atoms with Crippen molar-refractivity contribution in [3.63, 3.8) is 0 Å². The van der Waals surface area contributed by atoms with E-state index in [4.69, 9.17) is 11.6 Å². The molecule has 3 atom stereocenters. The third kappa shape index (κ3) is 4.82. The predicted molar refractivity (Wildman–Crippen MR) is 115 cm³/mol. The molecule has 154 valence electrons. The van der Waals surface area contributed by atoms with Gasteiger partial charge in [0.05, 0.1) is 6.26 Å². The number of rotatable bonds is 5. The average molecular weight is 433 g/mol. The number of halogens is 1. The second-order valence-corrected chi connectivity index (χ2v) is 10.3. The molecule has 3 unspecified atom stereocenters. The van der Waals surface area contributed by atoms with E-state index in [2.05, 4.69) is 16.9 Å². The highest BCUT2D eigenvalue weighted by Crippen LogP contribution is 2.51. The largest absolute Gasteiger partial charge is 0.341 e. The molecule has 1 saturated heterocycles. The first-order chi connectivity index (χ1) is 13.8. The van der Waals surface area contributed by atoms with Crippen molar-refractivity contribution in [3.8, 4) is 11.1 Å². The third-order valence-electron chi connectivity index (χ3n) is 5.72. The maximum absolute atomic E-state index is 13.1. The molecule has 2 aromatic rings. The number of sulfonamides is 1. The molecule has 2 fully saturated rings. The lowest BCUT2D eigenvalue weighted by molar-refractivity contribution is -0.133. The third-order valence-corrected chi connectivity index (χ3v) is 6.72. The number of hydrogen-bond acceptors (Lipinski definition) is 3. The Labute approximate surface area is 177 Å². The topological polar surface area (TPSA) is 66.5 Å². The molecule has 1 amide bonds. The summed E-state index contributed by atoms with van der Waals surface area (Å²) < 4.78 is 25.7. The molecule has 2 aliphatic rings. The number of nitrogens with one attached hydrogen (secondary N) is 1. The standard InChI is InChI=1S/C22H25ClN2O3S/c1-29(27,28)24-17-8-5-11-25(14-17)22(26)21-13-20(21)18-10-9-16(23)12-19(18)15-6-3-2-4-7-15/h2-4,6-7,9-10,12,17,20-21,24H,5,8,11,13-14H2,1H3. The zero-order valence-corrected chi connectivity index (χ0v) is 17.9. The van der Waals surface area contributed by atoms with Gasteiger partial charge in [-0.2, -0.15) is 0 Å². The molecule has 7 heteroatoms. The Hall–Kier alpha value is -1.89. The molecule has 1 heterocycles. The maximum Gasteiger partial charge on any atom is 0.226 e. The number of carbonyl (C=O) groups is 1. The van der Waals surface area contributed by atoms with E-state index in [1.165, 1.54) is 0 Å². The molecule has 29 heavy (non-hydrogen) atoms. The zero-order valence-electron chi connectivity index (χ0n) is 16.3. The number of amides is 1. The molecule has 2 aromatic carbocycles. The quantitative estimate of drug-likeness (QED) is 0.784. The van der Waals surface area contributed by atoms with Gasteiger partial charge in [-0.1, -0.05) is 48.0 Å². The number of hydrogen-bond donors (Lipinski definition) is 1. The second kappa shape index (κ2) is 8.09. The smallest absolute Gasteiger partial charge is 0.226 e. The summed E-state index contributed by atoms with van der Waals surface area (Å²) in [5.74, 6) is 0.262. The number of benzene rings is 2. The van der Waals surface area contributed by atoms with E-state index in [1.807, 2.05) is 41.3 Å². The van der Waals surface area contributed by atoms with Crippen LogP contribution in [0.25, 0.3) is 11.1 Å². The lowest BCUT2D eigenvalue weighted by Gasteiger charge is -2.33. The van der Waals surface area contributed by atoms with Crippen LogP contribution in [0.1, 0.15) is 30.7 Å². The van der Waals surface area contributed by atoms with Crippen molar-refractivity contribution in [3.05, 3.63) is 59.1 Å². The van der Waals surface area contributed by atoms with Gasteiger partial charge in [-0.25, -0.2) is 13.1 Å². The van der Waals surface area contributed by atoms with Crippen LogP contribution in [-0.2, 0) is 14.8 Å². The van der Waals surface area contributed by atoms with Crippen molar-refractivity contribution >= 4 is 27.5 Å². The Morgan fingerprint density at radius 2 is 1.93 bits per heavy atom. The summed E-state index contributed by atoms with van der Waals surface area (Å²) >= 11 is 6.25. The van der Waals surface area contributed by atoms with Crippen molar-refractivity contribution in [2.45, 2.75) is 31.2 Å². The van der Waals surface area contributed by atoms with Gasteiger partial charge in [-0.15, -0.1) is 0 Å². The first kappa shape index (κ1) is 20.4. The highest BCUT2D eigenvalue weighted by atomic mass is 35.5. The van der Waals surface area contributed by atoms with Crippen LogP contribution in [0.3, 0.4) is 0 Å². The van der Waals surface area contributed by atoms with Gasteiger partial charge in [0.25, 0.3) is 0 Å². The molecule has 1 aliphatic heterocycles. The first-order valence-corrected chi connectivity index (χ1v) is 12.2. The lowest BCUT2D eigenvalue weighted by atomic mass is 9.95. The fraction of sp³-hybridized carbons (Fsp3) is 0.409. The Bertz CT molecular complexity index is 1010. The highest BCUT2D eigenvalue weighted by Gasteiger charge is 2.47.